The largest absolute Gasteiger partial charge is 0.479 e. The highest BCUT2D eigenvalue weighted by Crippen LogP contribution is 2.59. The van der Waals surface area contributed by atoms with Gasteiger partial charge in [-0.25, -0.2) is 23.6 Å². The van der Waals surface area contributed by atoms with Crippen LogP contribution in [0.4, 0.5) is 16.3 Å². The Morgan fingerprint density at radius 3 is 2.03 bits per heavy atom. The van der Waals surface area contributed by atoms with Gasteiger partial charge < -0.3 is 54.8 Å². The Bertz CT molecular complexity index is 2540. The lowest BCUT2D eigenvalue weighted by Gasteiger charge is -2.37. The number of nitrogens with zero attached hydrogens (tertiary/aromatic N) is 9. The van der Waals surface area contributed by atoms with Gasteiger partial charge in [-0.15, -0.1) is 0 Å². The van der Waals surface area contributed by atoms with Crippen molar-refractivity contribution in [3.8, 4) is 17.5 Å². The van der Waals surface area contributed by atoms with Gasteiger partial charge in [-0.3, -0.25) is 18.2 Å². The zero-order chi connectivity index (χ0) is 45.1. The molecule has 2 unspecified atom stereocenters. The van der Waals surface area contributed by atoms with Crippen molar-refractivity contribution in [2.24, 2.45) is 0 Å². The first-order valence-electron chi connectivity index (χ1n) is 20.1. The molecule has 4 aromatic heterocycles. The zero-order valence-corrected chi connectivity index (χ0v) is 36.8. The molecule has 0 amide bonds. The molecule has 3 aliphatic heterocycles. The number of aliphatic hydroxyl groups is 3. The van der Waals surface area contributed by atoms with Crippen LogP contribution in [0, 0.1) is 0 Å². The molecule has 3 fully saturated rings. The Kier molecular flexibility index (Phi) is 12.2. The van der Waals surface area contributed by atoms with Crippen molar-refractivity contribution in [2.75, 3.05) is 58.2 Å². The molecule has 0 spiro atoms. The highest BCUT2D eigenvalue weighted by Gasteiger charge is 2.57. The number of nitrogen functional groups attached to an aromatic ring is 2. The fourth-order valence-electron chi connectivity index (χ4n) is 8.10. The van der Waals surface area contributed by atoms with Crippen LogP contribution in [0.2, 0.25) is 0 Å². The molecule has 0 bridgehead atoms. The van der Waals surface area contributed by atoms with Gasteiger partial charge in [0.1, 0.15) is 35.8 Å². The van der Waals surface area contributed by atoms with Gasteiger partial charge in [-0.2, -0.15) is 19.9 Å². The van der Waals surface area contributed by atoms with Gasteiger partial charge in [-0.05, 0) is 45.7 Å². The number of alkyl halides is 1. The zero-order valence-electron chi connectivity index (χ0n) is 35.0. The van der Waals surface area contributed by atoms with Crippen LogP contribution in [0.25, 0.3) is 22.3 Å². The van der Waals surface area contributed by atoms with Gasteiger partial charge in [0.15, 0.2) is 40.5 Å². The summed E-state index contributed by atoms with van der Waals surface area (Å²) in [5.41, 5.74) is 7.54. The van der Waals surface area contributed by atoms with Crippen molar-refractivity contribution in [3.63, 3.8) is 0 Å². The van der Waals surface area contributed by atoms with Gasteiger partial charge >= 0.3 is 7.60 Å². The van der Waals surface area contributed by atoms with Crippen LogP contribution in [-0.4, -0.2) is 147 Å². The van der Waals surface area contributed by atoms with Crippen molar-refractivity contribution < 1.29 is 61.4 Å². The second-order valence-corrected chi connectivity index (χ2v) is 20.6. The number of imidazole rings is 2. The lowest BCUT2D eigenvalue weighted by Crippen LogP contribution is -2.44. The monoisotopic (exact) mass is 921 g/mol. The van der Waals surface area contributed by atoms with E-state index in [1.807, 2.05) is 0 Å². The van der Waals surface area contributed by atoms with Crippen LogP contribution in [-0.2, 0) is 27.7 Å². The summed E-state index contributed by atoms with van der Waals surface area (Å²) < 4.78 is 90.7. The summed E-state index contributed by atoms with van der Waals surface area (Å²) in [4.78, 5) is 25.1. The summed E-state index contributed by atoms with van der Waals surface area (Å²) in [6, 6.07) is 8.38. The summed E-state index contributed by atoms with van der Waals surface area (Å²) >= 11 is 0. The highest BCUT2D eigenvalue weighted by molar-refractivity contribution is 7.56. The van der Waals surface area contributed by atoms with Gasteiger partial charge in [0.25, 0.3) is 7.52 Å². The van der Waals surface area contributed by atoms with Crippen LogP contribution < -0.4 is 25.5 Å². The predicted octanol–water partition coefficient (Wildman–Crippen LogP) is 2.83. The van der Waals surface area contributed by atoms with Crippen molar-refractivity contribution in [1.82, 2.24) is 43.7 Å². The molecule has 342 valence electrons. The molecule has 0 aliphatic carbocycles. The number of hydrogen-bond donors (Lipinski definition) is 5. The molecular weight excluding hydrogens is 871 g/mol. The number of halogens is 1. The topological polar surface area (TPSA) is 302 Å². The first kappa shape index (κ1) is 45.0. The number of ether oxygens (including phenoxy) is 4. The molecule has 7 heterocycles. The van der Waals surface area contributed by atoms with Crippen LogP contribution >= 0.6 is 15.1 Å². The molecule has 3 aliphatic rings. The molecule has 0 saturated carbocycles. The number of rotatable bonds is 15. The average molecular weight is 922 g/mol. The Labute approximate surface area is 359 Å². The van der Waals surface area contributed by atoms with E-state index in [4.69, 9.17) is 44.0 Å². The minimum atomic E-state index is -4.12. The number of nitrogens with two attached hydrogens (primary N) is 2. The van der Waals surface area contributed by atoms with E-state index in [9.17, 15) is 24.4 Å². The number of fused-ring (bicyclic) bond motifs is 2. The van der Waals surface area contributed by atoms with Crippen LogP contribution in [0.1, 0.15) is 46.1 Å². The fraction of sp³-hybridized carbons (Fsp3) is 0.568. The van der Waals surface area contributed by atoms with E-state index in [0.29, 0.717) is 0 Å². The maximum Gasteiger partial charge on any atom is 0.382 e. The summed E-state index contributed by atoms with van der Waals surface area (Å²) in [7, 11) is -6.33. The molecule has 7 N–H and O–H groups in total. The minimum Gasteiger partial charge on any atom is -0.479 e. The first-order chi connectivity index (χ1) is 29.9. The molecule has 1 aromatic carbocycles. The van der Waals surface area contributed by atoms with E-state index >= 15 is 4.39 Å². The van der Waals surface area contributed by atoms with Crippen molar-refractivity contribution in [2.45, 2.75) is 87.4 Å². The highest BCUT2D eigenvalue weighted by atomic mass is 31.2. The quantitative estimate of drug-likeness (QED) is 0.0943. The molecule has 5 aromatic rings. The lowest BCUT2D eigenvalue weighted by atomic mass is 9.96. The van der Waals surface area contributed by atoms with E-state index in [1.54, 1.807) is 41.9 Å². The molecule has 8 rings (SSSR count). The predicted molar refractivity (Wildman–Crippen MR) is 222 cm³/mol. The Hall–Kier alpha value is -4.61. The maximum atomic E-state index is 16.5. The smallest absolute Gasteiger partial charge is 0.382 e. The van der Waals surface area contributed by atoms with E-state index in [-0.39, 0.29) is 90.9 Å². The summed E-state index contributed by atoms with van der Waals surface area (Å²) in [6.07, 6.45) is -5.37. The Morgan fingerprint density at radius 1 is 0.857 bits per heavy atom. The molecule has 26 heteroatoms. The summed E-state index contributed by atoms with van der Waals surface area (Å²) in [5.74, 6) is 0.215. The van der Waals surface area contributed by atoms with Gasteiger partial charge in [0.05, 0.1) is 45.2 Å². The third-order valence-corrected chi connectivity index (χ3v) is 16.0. The Balaban J connectivity index is 0.934. The minimum absolute atomic E-state index is 0.100. The normalized spacial score (nSPS) is 30.1. The SMILES string of the molecule is CCOc1nc(N)nc2c1ncn2[C@@H]1O[C@H](COP(=O)(Oc2ccccc2)C2CCN(P(C)(=O)OC[C@H]3O[C@@H](n4cnc5c(OC)nc(N)nc54)[C@](C)(O)[C@@H]3O)CC2)[C@@H](O)[C@@]1(C)F. The second-order valence-electron chi connectivity index (χ2n) is 15.9. The number of aliphatic hydroxyl groups excluding tert-OH is 2. The number of piperidine rings is 1. The number of hydrogen-bond acceptors (Lipinski definition) is 20. The molecule has 0 radical (unpaired) electrons. The van der Waals surface area contributed by atoms with Gasteiger partial charge in [0.2, 0.25) is 23.7 Å². The molecule has 23 nitrogen and oxygen atoms in total. The Morgan fingerprint density at radius 2 is 1.41 bits per heavy atom. The van der Waals surface area contributed by atoms with Crippen molar-refractivity contribution in [1.29, 1.82) is 0 Å². The van der Waals surface area contributed by atoms with Crippen molar-refractivity contribution >= 4 is 49.3 Å². The average Bonchev–Trinajstić information content (AvgIpc) is 3.98. The lowest BCUT2D eigenvalue weighted by molar-refractivity contribution is -0.0948. The number of aromatic nitrogens is 8. The third kappa shape index (κ3) is 8.33. The second kappa shape index (κ2) is 17.1. The molecule has 10 atom stereocenters. The van der Waals surface area contributed by atoms with E-state index in [1.165, 1.54) is 42.5 Å². The van der Waals surface area contributed by atoms with Gasteiger partial charge in [-0.1, -0.05) is 18.2 Å². The van der Waals surface area contributed by atoms with Crippen LogP contribution in [0.3, 0.4) is 0 Å². The summed E-state index contributed by atoms with van der Waals surface area (Å²) in [5, 5.41) is 33.9. The van der Waals surface area contributed by atoms with E-state index in [0.717, 1.165) is 6.92 Å². The molecule has 63 heavy (non-hydrogen) atoms. The number of benzene rings is 1. The molecular formula is C37H50FN11O12P2. The number of methoxy groups -OCH3 is 1. The van der Waals surface area contributed by atoms with Gasteiger partial charge in [0, 0.05) is 19.8 Å². The van der Waals surface area contributed by atoms with Crippen molar-refractivity contribution in [3.05, 3.63) is 43.0 Å². The molecule has 3 saturated heterocycles. The maximum absolute atomic E-state index is 16.5. The summed E-state index contributed by atoms with van der Waals surface area (Å²) in [6.45, 7) is 5.35. The first-order valence-corrected chi connectivity index (χ1v) is 23.7. The number of para-hydroxylation sites is 1. The van der Waals surface area contributed by atoms with Crippen LogP contribution in [0.15, 0.2) is 43.0 Å². The standard InChI is InChI=1S/C37H50FN11O12P2/c1-6-56-31-25-29(44-35(40)46-31)48(18-42-25)32-36(2,38)26(50)22(59-32)17-58-63(54,61-20-10-8-7-9-11-20)21-12-14-47(15-13-21)62(5,53)57-16-23-27(51)37(3,52)33(60-23)49-19-41-24-28(49)43-34(39)45-30(24)55-4/h7-11,18-19,21-23,26-27,32-33,50-52H,6,12-17H2,1-5H3,(H2,39,43,45)(H2,40,44,46)/t22-,23-,26-,27-,32-,33-,36-,37-,62?,63?/m1/s1. The van der Waals surface area contributed by atoms with Crippen LogP contribution in [0.5, 0.6) is 17.5 Å². The number of anilines is 2. The van der Waals surface area contributed by atoms with E-state index < -0.39 is 75.5 Å². The third-order valence-electron chi connectivity index (χ3n) is 11.5. The van der Waals surface area contributed by atoms with E-state index in [2.05, 4.69) is 29.9 Å². The fourth-order valence-corrected chi connectivity index (χ4v) is 11.7.